The summed E-state index contributed by atoms with van der Waals surface area (Å²) in [4.78, 5) is 30.0. The van der Waals surface area contributed by atoms with Crippen molar-refractivity contribution < 1.29 is 33.3 Å². The average Bonchev–Trinajstić information content (AvgIpc) is 3.34. The van der Waals surface area contributed by atoms with Crippen LogP contribution in [0.1, 0.15) is 61.2 Å². The molecule has 0 saturated carbocycles. The highest BCUT2D eigenvalue weighted by Gasteiger charge is 2.34. The van der Waals surface area contributed by atoms with Crippen LogP contribution in [0.2, 0.25) is 0 Å². The number of carboxylic acid groups (broad SMARTS) is 1. The van der Waals surface area contributed by atoms with Crippen LogP contribution < -0.4 is 10.1 Å². The minimum absolute atomic E-state index is 0.182. The molecule has 0 spiro atoms. The topological polar surface area (TPSA) is 124 Å². The Bertz CT molecular complexity index is 1680. The van der Waals surface area contributed by atoms with E-state index in [1.165, 1.54) is 10.6 Å². The molecule has 0 radical (unpaired) electrons. The maximum atomic E-state index is 15.5. The number of aromatic nitrogens is 3. The number of rotatable bonds is 9. The lowest BCUT2D eigenvalue weighted by molar-refractivity contribution is -0.160. The zero-order valence-electron chi connectivity index (χ0n) is 24.9. The number of halogens is 1. The van der Waals surface area contributed by atoms with E-state index in [1.54, 1.807) is 33.8 Å². The first-order valence-corrected chi connectivity index (χ1v) is 14.1. The number of nitrogens with one attached hydrogen (secondary N) is 1. The van der Waals surface area contributed by atoms with Gasteiger partial charge >= 0.3 is 5.97 Å². The fourth-order valence-corrected chi connectivity index (χ4v) is 5.27. The van der Waals surface area contributed by atoms with Crippen LogP contribution in [-0.2, 0) is 32.1 Å². The molecule has 11 heteroatoms. The molecule has 2 aromatic carbocycles. The van der Waals surface area contributed by atoms with Gasteiger partial charge in [-0.1, -0.05) is 30.3 Å². The van der Waals surface area contributed by atoms with E-state index in [2.05, 4.69) is 15.4 Å². The minimum Gasteiger partial charge on any atom is -0.490 e. The van der Waals surface area contributed by atoms with Crippen molar-refractivity contribution in [1.29, 1.82) is 0 Å². The summed E-state index contributed by atoms with van der Waals surface area (Å²) >= 11 is 0. The molecule has 0 fully saturated rings. The number of carbonyl (C=O) groups is 2. The lowest BCUT2D eigenvalue weighted by atomic mass is 9.91. The molecular weight excluding hydrogens is 555 g/mol. The van der Waals surface area contributed by atoms with Gasteiger partial charge in [0, 0.05) is 28.5 Å². The van der Waals surface area contributed by atoms with Crippen molar-refractivity contribution in [3.8, 4) is 17.0 Å². The standard InChI is InChI=1S/C32H35FN4O6/c1-18-21-12-9-13-42-29(21)23(33)14-22(18)28-27(30(31(39)40)43-32(3,4)5)19(2)34-25-15-24(36-37(25)28)35-26(38)17-41-16-20-10-7-6-8-11-20/h6-8,10-11,14-15,30H,9,12-13,16-17H2,1-5H3,(H,39,40)(H,35,36,38)/t30-/m0/s1. The lowest BCUT2D eigenvalue weighted by Gasteiger charge is -2.28. The van der Waals surface area contributed by atoms with Crippen LogP contribution in [0, 0.1) is 19.7 Å². The van der Waals surface area contributed by atoms with Crippen molar-refractivity contribution in [2.45, 2.75) is 65.8 Å². The van der Waals surface area contributed by atoms with Crippen molar-refractivity contribution in [2.24, 2.45) is 0 Å². The highest BCUT2D eigenvalue weighted by Crippen LogP contribution is 2.41. The zero-order valence-corrected chi connectivity index (χ0v) is 24.9. The Morgan fingerprint density at radius 3 is 2.63 bits per heavy atom. The Kier molecular flexibility index (Phi) is 8.48. The van der Waals surface area contributed by atoms with Crippen molar-refractivity contribution >= 4 is 23.3 Å². The Labute approximate surface area is 248 Å². The Balaban J connectivity index is 1.60. The molecule has 2 aromatic heterocycles. The second-order valence-corrected chi connectivity index (χ2v) is 11.5. The normalized spacial score (nSPS) is 13.8. The molecule has 226 valence electrons. The van der Waals surface area contributed by atoms with E-state index in [9.17, 15) is 14.7 Å². The van der Waals surface area contributed by atoms with Crippen LogP contribution in [0.5, 0.6) is 5.75 Å². The molecular formula is C32H35FN4O6. The number of ether oxygens (including phenoxy) is 3. The van der Waals surface area contributed by atoms with Gasteiger partial charge in [-0.2, -0.15) is 0 Å². The van der Waals surface area contributed by atoms with Gasteiger partial charge < -0.3 is 24.6 Å². The van der Waals surface area contributed by atoms with Gasteiger partial charge in [0.1, 0.15) is 6.61 Å². The van der Waals surface area contributed by atoms with Gasteiger partial charge in [-0.05, 0) is 64.7 Å². The number of aryl methyl sites for hydroxylation is 1. The van der Waals surface area contributed by atoms with Crippen molar-refractivity contribution in [1.82, 2.24) is 14.6 Å². The first kappa shape index (κ1) is 30.1. The number of fused-ring (bicyclic) bond motifs is 2. The Morgan fingerprint density at radius 2 is 1.93 bits per heavy atom. The molecule has 0 saturated heterocycles. The number of hydrogen-bond donors (Lipinski definition) is 2. The fourth-order valence-electron chi connectivity index (χ4n) is 5.27. The molecule has 1 aliphatic rings. The van der Waals surface area contributed by atoms with Crippen LogP contribution in [0.4, 0.5) is 10.2 Å². The number of benzene rings is 2. The molecule has 5 rings (SSSR count). The second kappa shape index (κ2) is 12.1. The monoisotopic (exact) mass is 590 g/mol. The van der Waals surface area contributed by atoms with Crippen LogP contribution in [0.15, 0.2) is 42.5 Å². The number of carboxylic acids is 1. The molecule has 0 aliphatic carbocycles. The lowest BCUT2D eigenvalue weighted by Crippen LogP contribution is -2.29. The van der Waals surface area contributed by atoms with E-state index >= 15 is 4.39 Å². The van der Waals surface area contributed by atoms with Crippen molar-refractivity contribution in [3.63, 3.8) is 0 Å². The quantitative estimate of drug-likeness (QED) is 0.259. The summed E-state index contributed by atoms with van der Waals surface area (Å²) in [7, 11) is 0. The fraction of sp³-hybridized carbons (Fsp3) is 0.375. The summed E-state index contributed by atoms with van der Waals surface area (Å²) in [6.07, 6.45) is -0.0994. The molecule has 2 N–H and O–H groups in total. The average molecular weight is 591 g/mol. The number of anilines is 1. The number of aliphatic carboxylic acids is 1. The summed E-state index contributed by atoms with van der Waals surface area (Å²) in [5, 5.41) is 17.6. The van der Waals surface area contributed by atoms with Gasteiger partial charge in [0.05, 0.1) is 24.5 Å². The molecule has 43 heavy (non-hydrogen) atoms. The largest absolute Gasteiger partial charge is 0.490 e. The first-order chi connectivity index (χ1) is 20.4. The third-order valence-electron chi connectivity index (χ3n) is 7.09. The van der Waals surface area contributed by atoms with Gasteiger partial charge in [-0.15, -0.1) is 5.10 Å². The highest BCUT2D eigenvalue weighted by molar-refractivity contribution is 5.91. The minimum atomic E-state index is -1.43. The number of hydrogen-bond acceptors (Lipinski definition) is 7. The zero-order chi connectivity index (χ0) is 30.9. The highest BCUT2D eigenvalue weighted by atomic mass is 19.1. The third kappa shape index (κ3) is 6.52. The molecule has 3 heterocycles. The first-order valence-electron chi connectivity index (χ1n) is 14.1. The molecule has 0 bridgehead atoms. The van der Waals surface area contributed by atoms with E-state index in [0.717, 1.165) is 23.1 Å². The van der Waals surface area contributed by atoms with E-state index in [1.807, 2.05) is 37.3 Å². The number of nitrogens with zero attached hydrogens (tertiary/aromatic N) is 3. The Morgan fingerprint density at radius 1 is 1.19 bits per heavy atom. The van der Waals surface area contributed by atoms with Crippen LogP contribution >= 0.6 is 0 Å². The summed E-state index contributed by atoms with van der Waals surface area (Å²) in [5.74, 6) is -1.81. The van der Waals surface area contributed by atoms with Crippen molar-refractivity contribution in [3.05, 3.63) is 76.2 Å². The predicted octanol–water partition coefficient (Wildman–Crippen LogP) is 5.57. The molecule has 4 aromatic rings. The maximum absolute atomic E-state index is 15.5. The SMILES string of the molecule is Cc1nc2cc(NC(=O)COCc3ccccc3)nn2c(-c2cc(F)c3c(c2C)CCCO3)c1[C@H](OC(C)(C)C)C(=O)O. The van der Waals surface area contributed by atoms with E-state index < -0.39 is 29.4 Å². The molecule has 0 unspecified atom stereocenters. The summed E-state index contributed by atoms with van der Waals surface area (Å²) in [5.41, 5.74) is 3.25. The van der Waals surface area contributed by atoms with E-state index in [4.69, 9.17) is 14.2 Å². The molecule has 10 nitrogen and oxygen atoms in total. The van der Waals surface area contributed by atoms with E-state index in [-0.39, 0.29) is 30.3 Å². The second-order valence-electron chi connectivity index (χ2n) is 11.5. The summed E-state index contributed by atoms with van der Waals surface area (Å²) < 4.78 is 34.1. The molecule has 1 aliphatic heterocycles. The van der Waals surface area contributed by atoms with E-state index in [0.29, 0.717) is 35.6 Å². The van der Waals surface area contributed by atoms with Gasteiger partial charge in [-0.3, -0.25) is 4.79 Å². The van der Waals surface area contributed by atoms with Crippen LogP contribution in [0.3, 0.4) is 0 Å². The number of amides is 1. The summed E-state index contributed by atoms with van der Waals surface area (Å²) in [6, 6.07) is 12.4. The molecule has 1 amide bonds. The Hall–Kier alpha value is -4.35. The maximum Gasteiger partial charge on any atom is 0.337 e. The smallest absolute Gasteiger partial charge is 0.337 e. The van der Waals surface area contributed by atoms with Gasteiger partial charge in [0.15, 0.2) is 29.1 Å². The van der Waals surface area contributed by atoms with Gasteiger partial charge in [-0.25, -0.2) is 18.7 Å². The third-order valence-corrected chi connectivity index (χ3v) is 7.09. The van der Waals surface area contributed by atoms with Crippen LogP contribution in [-0.4, -0.2) is 50.4 Å². The number of carbonyl (C=O) groups excluding carboxylic acids is 1. The van der Waals surface area contributed by atoms with Gasteiger partial charge in [0.25, 0.3) is 5.91 Å². The van der Waals surface area contributed by atoms with Gasteiger partial charge in [0.2, 0.25) is 0 Å². The molecule has 1 atom stereocenters. The van der Waals surface area contributed by atoms with Crippen molar-refractivity contribution in [2.75, 3.05) is 18.5 Å². The van der Waals surface area contributed by atoms with Crippen LogP contribution in [0.25, 0.3) is 16.9 Å². The summed E-state index contributed by atoms with van der Waals surface area (Å²) in [6.45, 7) is 9.28. The predicted molar refractivity (Wildman–Crippen MR) is 158 cm³/mol.